The van der Waals surface area contributed by atoms with Crippen molar-refractivity contribution in [1.82, 2.24) is 4.90 Å². The minimum Gasteiger partial charge on any atom is -0.335 e. The molecule has 0 N–H and O–H groups in total. The van der Waals surface area contributed by atoms with E-state index in [0.29, 0.717) is 18.5 Å². The fraction of sp³-hybridized carbons (Fsp3) is 0.381. The van der Waals surface area contributed by atoms with Crippen LogP contribution in [0.3, 0.4) is 0 Å². The number of amides is 1. The molecule has 4 nitrogen and oxygen atoms in total. The first kappa shape index (κ1) is 21.2. The van der Waals surface area contributed by atoms with Gasteiger partial charge in [0.25, 0.3) is 5.91 Å². The molecule has 0 radical (unpaired) electrons. The molecule has 2 aromatic carbocycles. The highest BCUT2D eigenvalue weighted by molar-refractivity contribution is 7.98. The third-order valence-electron chi connectivity index (χ3n) is 4.79. The second-order valence-corrected chi connectivity index (χ2v) is 10.7. The summed E-state index contributed by atoms with van der Waals surface area (Å²) in [5, 5.41) is 0.721. The van der Waals surface area contributed by atoms with E-state index in [1.807, 2.05) is 55.5 Å². The quantitative estimate of drug-likeness (QED) is 0.590. The van der Waals surface area contributed by atoms with Gasteiger partial charge in [-0.25, -0.2) is 8.42 Å². The number of rotatable bonds is 7. The van der Waals surface area contributed by atoms with Crippen LogP contribution in [0.5, 0.6) is 0 Å². The molecule has 1 saturated heterocycles. The number of carbonyl (C=O) groups is 1. The van der Waals surface area contributed by atoms with E-state index in [1.54, 1.807) is 16.7 Å². The van der Waals surface area contributed by atoms with Crippen LogP contribution < -0.4 is 0 Å². The highest BCUT2D eigenvalue weighted by Gasteiger charge is 2.34. The van der Waals surface area contributed by atoms with Crippen LogP contribution in [0, 0.1) is 0 Å². The Morgan fingerprint density at radius 3 is 2.39 bits per heavy atom. The Hall–Kier alpha value is -1.50. The van der Waals surface area contributed by atoms with Crippen molar-refractivity contribution in [1.29, 1.82) is 0 Å². The zero-order chi connectivity index (χ0) is 20.1. The zero-order valence-electron chi connectivity index (χ0n) is 15.8. The van der Waals surface area contributed by atoms with Crippen LogP contribution in [0.15, 0.2) is 53.4 Å². The average molecular weight is 438 g/mol. The second-order valence-electron chi connectivity index (χ2n) is 6.99. The largest absolute Gasteiger partial charge is 0.335 e. The smallest absolute Gasteiger partial charge is 0.254 e. The molecule has 0 saturated carbocycles. The van der Waals surface area contributed by atoms with Gasteiger partial charge < -0.3 is 4.90 Å². The van der Waals surface area contributed by atoms with E-state index in [-0.39, 0.29) is 23.5 Å². The van der Waals surface area contributed by atoms with Crippen molar-refractivity contribution in [3.63, 3.8) is 0 Å². The topological polar surface area (TPSA) is 54.5 Å². The van der Waals surface area contributed by atoms with Crippen LogP contribution in [-0.4, -0.2) is 43.3 Å². The molecule has 2 aromatic rings. The van der Waals surface area contributed by atoms with Gasteiger partial charge in [0.15, 0.2) is 9.84 Å². The lowest BCUT2D eigenvalue weighted by Crippen LogP contribution is -2.41. The van der Waals surface area contributed by atoms with Crippen molar-refractivity contribution in [3.05, 3.63) is 64.7 Å². The average Bonchev–Trinajstić information content (AvgIpc) is 3.05. The summed E-state index contributed by atoms with van der Waals surface area (Å²) < 4.78 is 23.6. The van der Waals surface area contributed by atoms with Gasteiger partial charge in [-0.15, -0.1) is 11.8 Å². The van der Waals surface area contributed by atoms with Gasteiger partial charge in [0.1, 0.15) is 0 Å². The number of halogens is 1. The molecular formula is C21H24ClNO3S2. The minimum absolute atomic E-state index is 0.0779. The summed E-state index contributed by atoms with van der Waals surface area (Å²) in [7, 11) is -3.02. The summed E-state index contributed by atoms with van der Waals surface area (Å²) in [6, 6.07) is 15.1. The van der Waals surface area contributed by atoms with Gasteiger partial charge in [-0.2, -0.15) is 0 Å². The van der Waals surface area contributed by atoms with Crippen molar-refractivity contribution in [2.24, 2.45) is 0 Å². The third-order valence-corrected chi connectivity index (χ3v) is 7.88. The van der Waals surface area contributed by atoms with Gasteiger partial charge in [0.2, 0.25) is 0 Å². The molecule has 28 heavy (non-hydrogen) atoms. The number of carbonyl (C=O) groups excluding carboxylic acids is 1. The molecule has 1 heterocycles. The molecule has 150 valence electrons. The summed E-state index contributed by atoms with van der Waals surface area (Å²) in [5.74, 6) is 0.969. The second kappa shape index (κ2) is 9.33. The van der Waals surface area contributed by atoms with Crippen LogP contribution in [0.1, 0.15) is 35.7 Å². The fourth-order valence-electron chi connectivity index (χ4n) is 3.32. The number of sulfone groups is 1. The van der Waals surface area contributed by atoms with E-state index < -0.39 is 9.84 Å². The van der Waals surface area contributed by atoms with Crippen molar-refractivity contribution in [2.75, 3.05) is 18.1 Å². The lowest BCUT2D eigenvalue weighted by Gasteiger charge is -2.28. The van der Waals surface area contributed by atoms with E-state index in [1.165, 1.54) is 0 Å². The van der Waals surface area contributed by atoms with Crippen LogP contribution >= 0.6 is 23.4 Å². The molecule has 1 fully saturated rings. The van der Waals surface area contributed by atoms with Gasteiger partial charge in [-0.05, 0) is 54.8 Å². The minimum atomic E-state index is -3.02. The Labute approximate surface area is 176 Å². The molecule has 0 aliphatic carbocycles. The number of hydrogen-bond acceptors (Lipinski definition) is 4. The van der Waals surface area contributed by atoms with Gasteiger partial charge in [0, 0.05) is 33.8 Å². The molecule has 1 aliphatic rings. The molecule has 1 unspecified atom stereocenters. The number of hydrogen-bond donors (Lipinski definition) is 0. The SMILES string of the molecule is CCCN(C(=O)c1ccc(CSc2ccc(Cl)cc2)cc1)C1CCS(=O)(=O)C1. The lowest BCUT2D eigenvalue weighted by atomic mass is 10.1. The maximum atomic E-state index is 13.0. The van der Waals surface area contributed by atoms with Crippen LogP contribution in [-0.2, 0) is 15.6 Å². The molecule has 7 heteroatoms. The monoisotopic (exact) mass is 437 g/mol. The van der Waals surface area contributed by atoms with E-state index in [2.05, 4.69) is 0 Å². The van der Waals surface area contributed by atoms with E-state index in [0.717, 1.165) is 27.7 Å². The summed E-state index contributed by atoms with van der Waals surface area (Å²) in [6.45, 7) is 2.58. The predicted molar refractivity (Wildman–Crippen MR) is 116 cm³/mol. The van der Waals surface area contributed by atoms with Crippen LogP contribution in [0.4, 0.5) is 0 Å². The van der Waals surface area contributed by atoms with Crippen molar-refractivity contribution in [3.8, 4) is 0 Å². The Bertz CT molecular complexity index is 912. The molecule has 1 atom stereocenters. The lowest BCUT2D eigenvalue weighted by molar-refractivity contribution is 0.0697. The van der Waals surface area contributed by atoms with Crippen molar-refractivity contribution in [2.45, 2.75) is 36.5 Å². The molecular weight excluding hydrogens is 414 g/mol. The molecule has 0 bridgehead atoms. The Kier molecular flexibility index (Phi) is 7.07. The first-order valence-electron chi connectivity index (χ1n) is 9.36. The number of benzene rings is 2. The van der Waals surface area contributed by atoms with Crippen molar-refractivity contribution >= 4 is 39.1 Å². The standard InChI is InChI=1S/C21H24ClNO3S2/c1-2-12-23(19-11-13-28(25,26)15-19)21(24)17-5-3-16(4-6-17)14-27-20-9-7-18(22)8-10-20/h3-10,19H,2,11-15H2,1H3. The molecule has 0 spiro atoms. The van der Waals surface area contributed by atoms with Crippen molar-refractivity contribution < 1.29 is 13.2 Å². The predicted octanol–water partition coefficient (Wildman–Crippen LogP) is 4.67. The Balaban J connectivity index is 1.65. The van der Waals surface area contributed by atoms with Crippen LogP contribution in [0.25, 0.3) is 0 Å². The molecule has 3 rings (SSSR count). The van der Waals surface area contributed by atoms with Gasteiger partial charge in [-0.1, -0.05) is 30.7 Å². The summed E-state index contributed by atoms with van der Waals surface area (Å²) >= 11 is 7.62. The number of nitrogens with zero attached hydrogens (tertiary/aromatic N) is 1. The van der Waals surface area contributed by atoms with E-state index in [9.17, 15) is 13.2 Å². The van der Waals surface area contributed by atoms with E-state index >= 15 is 0 Å². The van der Waals surface area contributed by atoms with Gasteiger partial charge in [-0.3, -0.25) is 4.79 Å². The number of thioether (sulfide) groups is 1. The van der Waals surface area contributed by atoms with E-state index in [4.69, 9.17) is 11.6 Å². The maximum Gasteiger partial charge on any atom is 0.254 e. The first-order chi connectivity index (χ1) is 13.4. The Morgan fingerprint density at radius 2 is 1.82 bits per heavy atom. The molecule has 1 amide bonds. The third kappa shape index (κ3) is 5.52. The van der Waals surface area contributed by atoms with Gasteiger partial charge in [0.05, 0.1) is 11.5 Å². The fourth-order valence-corrected chi connectivity index (χ4v) is 6.03. The summed E-state index contributed by atoms with van der Waals surface area (Å²) in [4.78, 5) is 15.8. The summed E-state index contributed by atoms with van der Waals surface area (Å²) in [5.41, 5.74) is 1.74. The highest BCUT2D eigenvalue weighted by atomic mass is 35.5. The van der Waals surface area contributed by atoms with Gasteiger partial charge >= 0.3 is 0 Å². The molecule has 0 aromatic heterocycles. The van der Waals surface area contributed by atoms with Crippen LogP contribution in [0.2, 0.25) is 5.02 Å². The first-order valence-corrected chi connectivity index (χ1v) is 12.5. The Morgan fingerprint density at radius 1 is 1.14 bits per heavy atom. The maximum absolute atomic E-state index is 13.0. The molecule has 1 aliphatic heterocycles. The summed E-state index contributed by atoms with van der Waals surface area (Å²) in [6.07, 6.45) is 1.34. The normalized spacial score (nSPS) is 18.1. The highest BCUT2D eigenvalue weighted by Crippen LogP contribution is 2.25. The zero-order valence-corrected chi connectivity index (χ0v) is 18.2.